The molecule has 2 rings (SSSR count). The Morgan fingerprint density at radius 3 is 2.22 bits per heavy atom. The molecule has 0 heterocycles. The molecule has 0 bridgehead atoms. The largest absolute Gasteiger partial charge is 0.497 e. The van der Waals surface area contributed by atoms with Crippen LogP contribution in [-0.4, -0.2) is 45.2 Å². The average molecular weight is 376 g/mol. The maximum atomic E-state index is 13.8. The van der Waals surface area contributed by atoms with Crippen molar-refractivity contribution in [2.24, 2.45) is 0 Å². The molecular weight excluding hydrogens is 351 g/mol. The summed E-state index contributed by atoms with van der Waals surface area (Å²) in [6.45, 7) is 2.20. The van der Waals surface area contributed by atoms with Crippen molar-refractivity contribution in [3.63, 3.8) is 0 Å². The molecule has 0 aliphatic heterocycles. The number of hydrogen-bond acceptors (Lipinski definition) is 5. The molecule has 1 N–H and O–H groups in total. The van der Waals surface area contributed by atoms with Crippen molar-refractivity contribution in [1.82, 2.24) is 4.90 Å². The molecule has 1 atom stereocenters. The van der Waals surface area contributed by atoms with Gasteiger partial charge in [0.2, 0.25) is 5.91 Å². The Kier molecular flexibility index (Phi) is 7.01. The van der Waals surface area contributed by atoms with E-state index < -0.39 is 11.9 Å². The number of hydrogen-bond donors (Lipinski definition) is 1. The molecule has 0 radical (unpaired) electrons. The normalized spacial score (nSPS) is 11.8. The zero-order valence-corrected chi connectivity index (χ0v) is 16.2. The quantitative estimate of drug-likeness (QED) is 0.766. The van der Waals surface area contributed by atoms with Crippen molar-refractivity contribution in [3.8, 4) is 17.2 Å². The minimum Gasteiger partial charge on any atom is -0.497 e. The summed E-state index contributed by atoms with van der Waals surface area (Å²) >= 11 is 0. The van der Waals surface area contributed by atoms with Gasteiger partial charge in [0.15, 0.2) is 11.6 Å². The first kappa shape index (κ1) is 20.5. The monoisotopic (exact) mass is 376 g/mol. The van der Waals surface area contributed by atoms with Gasteiger partial charge in [-0.3, -0.25) is 9.69 Å². The first-order valence-electron chi connectivity index (χ1n) is 8.44. The van der Waals surface area contributed by atoms with Crippen LogP contribution in [0, 0.1) is 5.82 Å². The van der Waals surface area contributed by atoms with Gasteiger partial charge in [-0.1, -0.05) is 6.07 Å². The van der Waals surface area contributed by atoms with E-state index in [0.29, 0.717) is 23.7 Å². The second-order valence-electron chi connectivity index (χ2n) is 6.15. The van der Waals surface area contributed by atoms with Gasteiger partial charge in [0.05, 0.1) is 27.4 Å². The number of anilines is 1. The molecule has 0 saturated carbocycles. The molecule has 2 aromatic rings. The van der Waals surface area contributed by atoms with Crippen molar-refractivity contribution in [1.29, 1.82) is 0 Å². The SMILES string of the molecule is COc1cc(NC(=O)[C@H](C)N(C)Cc2ccc(OC)c(F)c2)cc(OC)c1. The fourth-order valence-corrected chi connectivity index (χ4v) is 2.56. The fraction of sp³-hybridized carbons (Fsp3) is 0.350. The van der Waals surface area contributed by atoms with Crippen molar-refractivity contribution < 1.29 is 23.4 Å². The van der Waals surface area contributed by atoms with E-state index in [0.717, 1.165) is 5.56 Å². The number of rotatable bonds is 8. The summed E-state index contributed by atoms with van der Waals surface area (Å²) in [6.07, 6.45) is 0. The average Bonchev–Trinajstić information content (AvgIpc) is 2.66. The van der Waals surface area contributed by atoms with Gasteiger partial charge in [-0.05, 0) is 31.7 Å². The van der Waals surface area contributed by atoms with Crippen LogP contribution in [0.2, 0.25) is 0 Å². The summed E-state index contributed by atoms with van der Waals surface area (Å²) in [6, 6.07) is 9.48. The second-order valence-corrected chi connectivity index (χ2v) is 6.15. The molecule has 0 fully saturated rings. The summed E-state index contributed by atoms with van der Waals surface area (Å²) in [5.41, 5.74) is 1.32. The first-order valence-corrected chi connectivity index (χ1v) is 8.44. The van der Waals surface area contributed by atoms with Crippen molar-refractivity contribution in [3.05, 3.63) is 47.8 Å². The highest BCUT2D eigenvalue weighted by Crippen LogP contribution is 2.26. The minimum atomic E-state index is -0.438. The van der Waals surface area contributed by atoms with E-state index in [-0.39, 0.29) is 11.7 Å². The van der Waals surface area contributed by atoms with E-state index in [1.54, 1.807) is 58.5 Å². The van der Waals surface area contributed by atoms with E-state index >= 15 is 0 Å². The van der Waals surface area contributed by atoms with Crippen LogP contribution in [0.1, 0.15) is 12.5 Å². The third-order valence-corrected chi connectivity index (χ3v) is 4.31. The van der Waals surface area contributed by atoms with Gasteiger partial charge >= 0.3 is 0 Å². The van der Waals surface area contributed by atoms with Crippen LogP contribution in [0.3, 0.4) is 0 Å². The lowest BCUT2D eigenvalue weighted by Crippen LogP contribution is -2.39. The van der Waals surface area contributed by atoms with E-state index in [1.165, 1.54) is 13.2 Å². The number of carbonyl (C=O) groups excluding carboxylic acids is 1. The lowest BCUT2D eigenvalue weighted by atomic mass is 10.1. The summed E-state index contributed by atoms with van der Waals surface area (Å²) in [4.78, 5) is 14.4. The maximum Gasteiger partial charge on any atom is 0.241 e. The smallest absolute Gasteiger partial charge is 0.241 e. The number of likely N-dealkylation sites (N-methyl/N-ethyl adjacent to an activating group) is 1. The highest BCUT2D eigenvalue weighted by Gasteiger charge is 2.19. The predicted octanol–water partition coefficient (Wildman–Crippen LogP) is 3.31. The van der Waals surface area contributed by atoms with Crippen LogP contribution in [-0.2, 0) is 11.3 Å². The number of nitrogens with one attached hydrogen (secondary N) is 1. The van der Waals surface area contributed by atoms with Crippen LogP contribution in [0.25, 0.3) is 0 Å². The molecule has 0 saturated heterocycles. The Balaban J connectivity index is 2.04. The molecule has 0 spiro atoms. The van der Waals surface area contributed by atoms with Crippen LogP contribution in [0.15, 0.2) is 36.4 Å². The van der Waals surface area contributed by atoms with Crippen molar-refractivity contribution in [2.45, 2.75) is 19.5 Å². The van der Waals surface area contributed by atoms with Gasteiger partial charge in [0.1, 0.15) is 11.5 Å². The van der Waals surface area contributed by atoms with Gasteiger partial charge in [0.25, 0.3) is 0 Å². The number of halogens is 1. The minimum absolute atomic E-state index is 0.193. The van der Waals surface area contributed by atoms with Gasteiger partial charge in [-0.25, -0.2) is 4.39 Å². The molecule has 0 aliphatic carbocycles. The Bertz CT molecular complexity index is 775. The Morgan fingerprint density at radius 1 is 1.07 bits per heavy atom. The van der Waals surface area contributed by atoms with Gasteiger partial charge in [-0.15, -0.1) is 0 Å². The van der Waals surface area contributed by atoms with Crippen LogP contribution < -0.4 is 19.5 Å². The lowest BCUT2D eigenvalue weighted by molar-refractivity contribution is -0.120. The summed E-state index contributed by atoms with van der Waals surface area (Å²) in [5.74, 6) is 0.740. The summed E-state index contributed by atoms with van der Waals surface area (Å²) < 4.78 is 29.2. The number of nitrogens with zero attached hydrogens (tertiary/aromatic N) is 1. The Labute approximate surface area is 158 Å². The third kappa shape index (κ3) is 5.34. The van der Waals surface area contributed by atoms with E-state index in [2.05, 4.69) is 5.32 Å². The zero-order chi connectivity index (χ0) is 20.0. The summed E-state index contributed by atoms with van der Waals surface area (Å²) in [5, 5.41) is 2.85. The number of carbonyl (C=O) groups is 1. The molecule has 146 valence electrons. The molecule has 7 heteroatoms. The number of amides is 1. The lowest BCUT2D eigenvalue weighted by Gasteiger charge is -2.24. The molecule has 0 aromatic heterocycles. The zero-order valence-electron chi connectivity index (χ0n) is 16.2. The first-order chi connectivity index (χ1) is 12.9. The molecule has 2 aromatic carbocycles. The van der Waals surface area contributed by atoms with Crippen LogP contribution in [0.4, 0.5) is 10.1 Å². The maximum absolute atomic E-state index is 13.8. The van der Waals surface area contributed by atoms with Gasteiger partial charge in [0, 0.05) is 30.4 Å². The molecule has 0 aliphatic rings. The predicted molar refractivity (Wildman–Crippen MR) is 102 cm³/mol. The topological polar surface area (TPSA) is 60.0 Å². The Hall–Kier alpha value is -2.80. The molecular formula is C20H25FN2O4. The van der Waals surface area contributed by atoms with E-state index in [4.69, 9.17) is 14.2 Å². The standard InChI is InChI=1S/C20H25FN2O4/c1-13(23(2)12-14-6-7-19(27-5)18(21)8-14)20(24)22-15-9-16(25-3)11-17(10-15)26-4/h6-11,13H,12H2,1-5H3,(H,22,24)/t13-/m0/s1. The number of benzene rings is 2. The fourth-order valence-electron chi connectivity index (χ4n) is 2.56. The van der Waals surface area contributed by atoms with Crippen molar-refractivity contribution in [2.75, 3.05) is 33.7 Å². The molecule has 27 heavy (non-hydrogen) atoms. The van der Waals surface area contributed by atoms with Crippen LogP contribution >= 0.6 is 0 Å². The van der Waals surface area contributed by atoms with Crippen molar-refractivity contribution >= 4 is 11.6 Å². The molecule has 0 unspecified atom stereocenters. The van der Waals surface area contributed by atoms with Gasteiger partial charge < -0.3 is 19.5 Å². The summed E-state index contributed by atoms with van der Waals surface area (Å²) in [7, 11) is 6.32. The van der Waals surface area contributed by atoms with Crippen LogP contribution in [0.5, 0.6) is 17.2 Å². The van der Waals surface area contributed by atoms with E-state index in [1.807, 2.05) is 4.90 Å². The van der Waals surface area contributed by atoms with E-state index in [9.17, 15) is 9.18 Å². The number of methoxy groups -OCH3 is 3. The Morgan fingerprint density at radius 2 is 1.70 bits per heavy atom. The molecule has 6 nitrogen and oxygen atoms in total. The second kappa shape index (κ2) is 9.23. The van der Waals surface area contributed by atoms with Gasteiger partial charge in [-0.2, -0.15) is 0 Å². The third-order valence-electron chi connectivity index (χ3n) is 4.31. The molecule has 1 amide bonds. The highest BCUT2D eigenvalue weighted by molar-refractivity contribution is 5.94. The number of ether oxygens (including phenoxy) is 3. The highest BCUT2D eigenvalue weighted by atomic mass is 19.1.